The molecule has 6 heteroatoms. The van der Waals surface area contributed by atoms with Crippen LogP contribution in [0.25, 0.3) is 21.0 Å². The fourth-order valence-corrected chi connectivity index (χ4v) is 3.92. The van der Waals surface area contributed by atoms with Gasteiger partial charge in [0.15, 0.2) is 0 Å². The number of aromatic nitrogens is 2. The van der Waals surface area contributed by atoms with Gasteiger partial charge in [-0.05, 0) is 35.9 Å². The summed E-state index contributed by atoms with van der Waals surface area (Å²) in [5.74, 6) is -0.415. The van der Waals surface area contributed by atoms with Crippen molar-refractivity contribution >= 4 is 17.2 Å². The maximum absolute atomic E-state index is 13.2. The third-order valence-corrected chi connectivity index (χ3v) is 5.51. The second-order valence-electron chi connectivity index (χ2n) is 6.41. The highest BCUT2D eigenvalue weighted by Crippen LogP contribution is 2.33. The third-order valence-electron chi connectivity index (χ3n) is 4.43. The van der Waals surface area contributed by atoms with Gasteiger partial charge in [-0.25, -0.2) is 9.37 Å². The van der Waals surface area contributed by atoms with E-state index in [1.54, 1.807) is 30.6 Å². The number of hydrogen-bond acceptors (Lipinski definition) is 4. The summed E-state index contributed by atoms with van der Waals surface area (Å²) in [6, 6.07) is 19.5. The predicted molar refractivity (Wildman–Crippen MR) is 113 cm³/mol. The number of nitrogens with one attached hydrogen (secondary N) is 1. The van der Waals surface area contributed by atoms with E-state index < -0.39 is 0 Å². The van der Waals surface area contributed by atoms with Crippen LogP contribution in [0.2, 0.25) is 0 Å². The van der Waals surface area contributed by atoms with E-state index in [4.69, 9.17) is 0 Å². The zero-order valence-corrected chi connectivity index (χ0v) is 16.3. The Bertz CT molecular complexity index is 1110. The van der Waals surface area contributed by atoms with Crippen LogP contribution in [-0.2, 0) is 6.42 Å². The average molecular weight is 403 g/mol. The van der Waals surface area contributed by atoms with E-state index in [-0.39, 0.29) is 11.7 Å². The average Bonchev–Trinajstić information content (AvgIpc) is 3.25. The number of rotatable bonds is 6. The molecule has 4 nitrogen and oxygen atoms in total. The maximum atomic E-state index is 13.2. The van der Waals surface area contributed by atoms with Gasteiger partial charge in [0.2, 0.25) is 0 Å². The van der Waals surface area contributed by atoms with Gasteiger partial charge in [0.25, 0.3) is 5.91 Å². The van der Waals surface area contributed by atoms with Crippen LogP contribution in [0, 0.1) is 5.82 Å². The zero-order valence-electron chi connectivity index (χ0n) is 15.5. The number of nitrogens with zero attached hydrogens (tertiary/aromatic N) is 2. The highest BCUT2D eigenvalue weighted by Gasteiger charge is 2.15. The highest BCUT2D eigenvalue weighted by atomic mass is 32.1. The summed E-state index contributed by atoms with van der Waals surface area (Å²) in [6.45, 7) is 0.503. The molecule has 0 unspecified atom stereocenters. The van der Waals surface area contributed by atoms with Gasteiger partial charge in [-0.1, -0.05) is 36.4 Å². The standard InChI is InChI=1S/C23H18FN3OS/c24-17-10-8-16(9-11-17)21-15-27-23(29-21)20-7-2-1-6-19(20)22(28)26-14-12-18-5-3-4-13-25-18/h1-11,13,15H,12,14H2,(H,26,28). The van der Waals surface area contributed by atoms with Gasteiger partial charge in [-0.15, -0.1) is 11.3 Å². The molecule has 0 fully saturated rings. The van der Waals surface area contributed by atoms with E-state index in [9.17, 15) is 9.18 Å². The van der Waals surface area contributed by atoms with E-state index in [1.165, 1.54) is 23.5 Å². The minimum absolute atomic E-state index is 0.143. The lowest BCUT2D eigenvalue weighted by Gasteiger charge is -2.08. The Labute approximate surface area is 172 Å². The maximum Gasteiger partial charge on any atom is 0.252 e. The Hall–Kier alpha value is -3.38. The van der Waals surface area contributed by atoms with Crippen molar-refractivity contribution in [2.45, 2.75) is 6.42 Å². The topological polar surface area (TPSA) is 54.9 Å². The first kappa shape index (κ1) is 19.0. The molecule has 0 spiro atoms. The molecule has 0 saturated heterocycles. The normalized spacial score (nSPS) is 10.7. The van der Waals surface area contributed by atoms with Crippen LogP contribution in [0.1, 0.15) is 16.1 Å². The Morgan fingerprint density at radius 2 is 1.76 bits per heavy atom. The first-order chi connectivity index (χ1) is 14.2. The summed E-state index contributed by atoms with van der Waals surface area (Å²) in [4.78, 5) is 22.4. The lowest BCUT2D eigenvalue weighted by atomic mass is 10.1. The lowest BCUT2D eigenvalue weighted by molar-refractivity contribution is 0.0954. The molecule has 2 aromatic heterocycles. The summed E-state index contributed by atoms with van der Waals surface area (Å²) in [5, 5.41) is 3.71. The molecule has 29 heavy (non-hydrogen) atoms. The molecule has 0 atom stereocenters. The zero-order chi connectivity index (χ0) is 20.1. The number of thiazole rings is 1. The SMILES string of the molecule is O=C(NCCc1ccccn1)c1ccccc1-c1ncc(-c2ccc(F)cc2)s1. The fourth-order valence-electron chi connectivity index (χ4n) is 2.96. The largest absolute Gasteiger partial charge is 0.352 e. The van der Waals surface area contributed by atoms with E-state index in [1.807, 2.05) is 36.4 Å². The van der Waals surface area contributed by atoms with Crippen molar-refractivity contribution in [2.75, 3.05) is 6.54 Å². The highest BCUT2D eigenvalue weighted by molar-refractivity contribution is 7.18. The first-order valence-electron chi connectivity index (χ1n) is 9.20. The molecular weight excluding hydrogens is 385 g/mol. The van der Waals surface area contributed by atoms with Crippen molar-refractivity contribution in [1.29, 1.82) is 0 Å². The summed E-state index contributed by atoms with van der Waals surface area (Å²) in [7, 11) is 0. The molecule has 0 aliphatic heterocycles. The molecule has 2 aromatic carbocycles. The second-order valence-corrected chi connectivity index (χ2v) is 7.44. The van der Waals surface area contributed by atoms with Crippen LogP contribution in [0.3, 0.4) is 0 Å². The molecule has 0 aliphatic carbocycles. The molecule has 1 N–H and O–H groups in total. The Balaban J connectivity index is 1.51. The van der Waals surface area contributed by atoms with Crippen molar-refractivity contribution in [2.24, 2.45) is 0 Å². The van der Waals surface area contributed by atoms with Crippen molar-refractivity contribution in [3.63, 3.8) is 0 Å². The van der Waals surface area contributed by atoms with Gasteiger partial charge in [-0.2, -0.15) is 0 Å². The van der Waals surface area contributed by atoms with Gasteiger partial charge < -0.3 is 5.32 Å². The Morgan fingerprint density at radius 1 is 0.966 bits per heavy atom. The molecule has 4 rings (SSSR count). The summed E-state index contributed by atoms with van der Waals surface area (Å²) < 4.78 is 13.2. The number of halogens is 1. The number of benzene rings is 2. The van der Waals surface area contributed by atoms with Gasteiger partial charge in [0.1, 0.15) is 10.8 Å². The van der Waals surface area contributed by atoms with E-state index in [2.05, 4.69) is 15.3 Å². The van der Waals surface area contributed by atoms with Crippen LogP contribution in [0.15, 0.2) is 79.1 Å². The minimum atomic E-state index is -0.272. The minimum Gasteiger partial charge on any atom is -0.352 e. The molecule has 2 heterocycles. The fraction of sp³-hybridized carbons (Fsp3) is 0.0870. The van der Waals surface area contributed by atoms with Crippen LogP contribution in [0.5, 0.6) is 0 Å². The lowest BCUT2D eigenvalue weighted by Crippen LogP contribution is -2.26. The van der Waals surface area contributed by atoms with Crippen molar-refractivity contribution < 1.29 is 9.18 Å². The second kappa shape index (κ2) is 8.75. The van der Waals surface area contributed by atoms with Gasteiger partial charge >= 0.3 is 0 Å². The Morgan fingerprint density at radius 3 is 2.55 bits per heavy atom. The molecule has 4 aromatic rings. The third kappa shape index (κ3) is 4.55. The molecule has 0 bridgehead atoms. The molecular formula is C23H18FN3OS. The van der Waals surface area contributed by atoms with Crippen molar-refractivity contribution in [1.82, 2.24) is 15.3 Å². The predicted octanol–water partition coefficient (Wildman–Crippen LogP) is 4.98. The number of carbonyl (C=O) groups is 1. The summed E-state index contributed by atoms with van der Waals surface area (Å²) >= 11 is 1.47. The van der Waals surface area contributed by atoms with Gasteiger partial charge in [-0.3, -0.25) is 9.78 Å². The number of hydrogen-bond donors (Lipinski definition) is 1. The van der Waals surface area contributed by atoms with Gasteiger partial charge in [0, 0.05) is 42.2 Å². The molecule has 1 amide bonds. The summed E-state index contributed by atoms with van der Waals surface area (Å²) in [6.07, 6.45) is 4.16. The number of pyridine rings is 1. The van der Waals surface area contributed by atoms with Crippen LogP contribution in [0.4, 0.5) is 4.39 Å². The monoisotopic (exact) mass is 403 g/mol. The molecule has 0 radical (unpaired) electrons. The van der Waals surface area contributed by atoms with Crippen LogP contribution >= 0.6 is 11.3 Å². The van der Waals surface area contributed by atoms with Crippen molar-refractivity contribution in [3.05, 3.63) is 96.2 Å². The van der Waals surface area contributed by atoms with E-state index >= 15 is 0 Å². The Kier molecular flexibility index (Phi) is 5.72. The molecule has 144 valence electrons. The van der Waals surface area contributed by atoms with E-state index in [0.717, 1.165) is 26.7 Å². The quantitative estimate of drug-likeness (QED) is 0.494. The summed E-state index contributed by atoms with van der Waals surface area (Å²) in [5.41, 5.74) is 3.19. The van der Waals surface area contributed by atoms with Crippen LogP contribution < -0.4 is 5.32 Å². The first-order valence-corrected chi connectivity index (χ1v) is 10.0. The van der Waals surface area contributed by atoms with Crippen LogP contribution in [-0.4, -0.2) is 22.4 Å². The van der Waals surface area contributed by atoms with Crippen molar-refractivity contribution in [3.8, 4) is 21.0 Å². The smallest absolute Gasteiger partial charge is 0.252 e. The number of carbonyl (C=O) groups excluding carboxylic acids is 1. The van der Waals surface area contributed by atoms with E-state index in [0.29, 0.717) is 18.5 Å². The number of amides is 1. The molecule has 0 saturated carbocycles. The van der Waals surface area contributed by atoms with Gasteiger partial charge in [0.05, 0.1) is 4.88 Å². The molecule has 0 aliphatic rings.